The number of esters is 1. The van der Waals surface area contributed by atoms with Crippen LogP contribution in [-0.4, -0.2) is 36.2 Å². The van der Waals surface area contributed by atoms with Gasteiger partial charge in [0.1, 0.15) is 0 Å². The number of benzene rings is 1. The Labute approximate surface area is 106 Å². The Bertz CT molecular complexity index is 420. The summed E-state index contributed by atoms with van der Waals surface area (Å²) in [6.07, 6.45) is -7.08. The number of hydrogen-bond donors (Lipinski definition) is 1. The molecule has 0 aliphatic carbocycles. The number of methoxy groups -OCH3 is 1. The fourth-order valence-corrected chi connectivity index (χ4v) is 2.14. The monoisotopic (exact) mass is 280 g/mol. The standard InChI is InChI=1S/C11H11F3O3S/c1-17-10(16)7-4-2-3-5-8(7)18-6-9(15)11(12,13)14/h2-5,9,15H,6H2,1H3. The van der Waals surface area contributed by atoms with Crippen LogP contribution in [0.4, 0.5) is 13.2 Å². The van der Waals surface area contributed by atoms with Gasteiger partial charge in [-0.2, -0.15) is 13.2 Å². The Kier molecular flexibility index (Phi) is 5.03. The van der Waals surface area contributed by atoms with Gasteiger partial charge >= 0.3 is 12.1 Å². The molecule has 0 aromatic heterocycles. The first-order valence-corrected chi connectivity index (χ1v) is 5.89. The molecule has 1 aromatic carbocycles. The first-order valence-electron chi connectivity index (χ1n) is 4.91. The van der Waals surface area contributed by atoms with Crippen LogP contribution in [0.2, 0.25) is 0 Å². The SMILES string of the molecule is COC(=O)c1ccccc1SCC(O)C(F)(F)F. The van der Waals surface area contributed by atoms with Crippen LogP contribution in [0.3, 0.4) is 0 Å². The highest BCUT2D eigenvalue weighted by Gasteiger charge is 2.38. The lowest BCUT2D eigenvalue weighted by Gasteiger charge is -2.14. The number of aliphatic hydroxyl groups excluding tert-OH is 1. The van der Waals surface area contributed by atoms with Crippen LogP contribution in [0.25, 0.3) is 0 Å². The van der Waals surface area contributed by atoms with E-state index in [2.05, 4.69) is 4.74 Å². The summed E-state index contributed by atoms with van der Waals surface area (Å²) >= 11 is 0.755. The van der Waals surface area contributed by atoms with E-state index in [9.17, 15) is 18.0 Å². The zero-order chi connectivity index (χ0) is 13.8. The predicted molar refractivity (Wildman–Crippen MR) is 60.6 cm³/mol. The average molecular weight is 280 g/mol. The molecular weight excluding hydrogens is 269 g/mol. The molecule has 0 saturated carbocycles. The Morgan fingerprint density at radius 1 is 1.44 bits per heavy atom. The zero-order valence-corrected chi connectivity index (χ0v) is 10.2. The molecule has 0 saturated heterocycles. The van der Waals surface area contributed by atoms with Crippen LogP contribution in [0, 0.1) is 0 Å². The first-order chi connectivity index (χ1) is 8.36. The van der Waals surface area contributed by atoms with Gasteiger partial charge in [-0.1, -0.05) is 12.1 Å². The second-order valence-corrected chi connectivity index (χ2v) is 4.42. The Morgan fingerprint density at radius 3 is 2.61 bits per heavy atom. The number of carbonyl (C=O) groups is 1. The summed E-state index contributed by atoms with van der Waals surface area (Å²) in [4.78, 5) is 11.7. The molecule has 0 heterocycles. The number of thioether (sulfide) groups is 1. The lowest BCUT2D eigenvalue weighted by Crippen LogP contribution is -2.30. The molecule has 0 spiro atoms. The lowest BCUT2D eigenvalue weighted by molar-refractivity contribution is -0.195. The van der Waals surface area contributed by atoms with Gasteiger partial charge in [0.2, 0.25) is 0 Å². The normalized spacial score (nSPS) is 13.2. The maximum atomic E-state index is 12.1. The fraction of sp³-hybridized carbons (Fsp3) is 0.364. The van der Waals surface area contributed by atoms with Gasteiger partial charge < -0.3 is 9.84 Å². The average Bonchev–Trinajstić information content (AvgIpc) is 2.34. The van der Waals surface area contributed by atoms with E-state index in [1.54, 1.807) is 12.1 Å². The van der Waals surface area contributed by atoms with E-state index in [4.69, 9.17) is 5.11 Å². The molecule has 0 radical (unpaired) electrons. The molecule has 0 bridgehead atoms. The molecule has 1 unspecified atom stereocenters. The van der Waals surface area contributed by atoms with E-state index in [0.29, 0.717) is 4.90 Å². The molecule has 1 atom stereocenters. The van der Waals surface area contributed by atoms with Gasteiger partial charge in [-0.05, 0) is 12.1 Å². The minimum Gasteiger partial charge on any atom is -0.465 e. The molecule has 1 aromatic rings. The van der Waals surface area contributed by atoms with Gasteiger partial charge in [0.05, 0.1) is 12.7 Å². The van der Waals surface area contributed by atoms with E-state index in [1.807, 2.05) is 0 Å². The first kappa shape index (κ1) is 14.8. The third kappa shape index (κ3) is 3.92. The number of carbonyl (C=O) groups excluding carboxylic acids is 1. The summed E-state index contributed by atoms with van der Waals surface area (Å²) in [7, 11) is 1.19. The molecular formula is C11H11F3O3S. The maximum absolute atomic E-state index is 12.1. The van der Waals surface area contributed by atoms with Crippen molar-refractivity contribution in [1.82, 2.24) is 0 Å². The molecule has 18 heavy (non-hydrogen) atoms. The summed E-state index contributed by atoms with van der Waals surface area (Å²) < 4.78 is 40.9. The summed E-state index contributed by atoms with van der Waals surface area (Å²) in [5.41, 5.74) is 0.180. The maximum Gasteiger partial charge on any atom is 0.415 e. The van der Waals surface area contributed by atoms with E-state index in [-0.39, 0.29) is 5.56 Å². The number of alkyl halides is 3. The topological polar surface area (TPSA) is 46.5 Å². The largest absolute Gasteiger partial charge is 0.465 e. The lowest BCUT2D eigenvalue weighted by atomic mass is 10.2. The minimum atomic E-state index is -4.66. The quantitative estimate of drug-likeness (QED) is 0.680. The van der Waals surface area contributed by atoms with Gasteiger partial charge in [-0.3, -0.25) is 0 Å². The van der Waals surface area contributed by atoms with Gasteiger partial charge in [-0.25, -0.2) is 4.79 Å². The number of aliphatic hydroxyl groups is 1. The second-order valence-electron chi connectivity index (χ2n) is 3.36. The summed E-state index contributed by atoms with van der Waals surface area (Å²) in [5.74, 6) is -1.20. The van der Waals surface area contributed by atoms with E-state index in [1.165, 1.54) is 19.2 Å². The van der Waals surface area contributed by atoms with Gasteiger partial charge in [-0.15, -0.1) is 11.8 Å². The van der Waals surface area contributed by atoms with Gasteiger partial charge in [0.15, 0.2) is 6.10 Å². The molecule has 1 rings (SSSR count). The van der Waals surface area contributed by atoms with Crippen LogP contribution in [-0.2, 0) is 4.74 Å². The van der Waals surface area contributed by atoms with E-state index in [0.717, 1.165) is 11.8 Å². The third-order valence-electron chi connectivity index (χ3n) is 2.07. The highest BCUT2D eigenvalue weighted by Crippen LogP contribution is 2.28. The van der Waals surface area contributed by atoms with Crippen molar-refractivity contribution in [2.24, 2.45) is 0 Å². The molecule has 0 fully saturated rings. The number of hydrogen-bond acceptors (Lipinski definition) is 4. The van der Waals surface area contributed by atoms with Crippen molar-refractivity contribution in [3.05, 3.63) is 29.8 Å². The highest BCUT2D eigenvalue weighted by atomic mass is 32.2. The van der Waals surface area contributed by atoms with E-state index >= 15 is 0 Å². The van der Waals surface area contributed by atoms with Crippen LogP contribution >= 0.6 is 11.8 Å². The summed E-state index contributed by atoms with van der Waals surface area (Å²) in [5, 5.41) is 8.87. The van der Waals surface area contributed by atoms with Crippen LogP contribution < -0.4 is 0 Å². The second kappa shape index (κ2) is 6.10. The zero-order valence-electron chi connectivity index (χ0n) is 9.40. The summed E-state index contributed by atoms with van der Waals surface area (Å²) in [6.45, 7) is 0. The van der Waals surface area contributed by atoms with Crippen LogP contribution in [0.1, 0.15) is 10.4 Å². The molecule has 0 aliphatic heterocycles. The fourth-order valence-electron chi connectivity index (χ4n) is 1.13. The van der Waals surface area contributed by atoms with Crippen LogP contribution in [0.15, 0.2) is 29.2 Å². The molecule has 100 valence electrons. The van der Waals surface area contributed by atoms with E-state index < -0.39 is 24.0 Å². The third-order valence-corrected chi connectivity index (χ3v) is 3.22. The number of ether oxygens (including phenoxy) is 1. The van der Waals surface area contributed by atoms with Crippen LogP contribution in [0.5, 0.6) is 0 Å². The highest BCUT2D eigenvalue weighted by molar-refractivity contribution is 7.99. The Hall–Kier alpha value is -1.21. The predicted octanol–water partition coefficient (Wildman–Crippen LogP) is 2.49. The smallest absolute Gasteiger partial charge is 0.415 e. The molecule has 0 amide bonds. The minimum absolute atomic E-state index is 0.180. The van der Waals surface area contributed by atoms with Gasteiger partial charge in [0.25, 0.3) is 0 Å². The van der Waals surface area contributed by atoms with Crippen molar-refractivity contribution in [3.8, 4) is 0 Å². The van der Waals surface area contributed by atoms with Crippen molar-refractivity contribution < 1.29 is 27.8 Å². The molecule has 3 nitrogen and oxygen atoms in total. The molecule has 1 N–H and O–H groups in total. The van der Waals surface area contributed by atoms with Crippen molar-refractivity contribution in [1.29, 1.82) is 0 Å². The van der Waals surface area contributed by atoms with Crippen molar-refractivity contribution in [3.63, 3.8) is 0 Å². The summed E-state index contributed by atoms with van der Waals surface area (Å²) in [6, 6.07) is 6.12. The molecule has 0 aliphatic rings. The van der Waals surface area contributed by atoms with Crippen molar-refractivity contribution in [2.75, 3.05) is 12.9 Å². The number of rotatable bonds is 4. The van der Waals surface area contributed by atoms with Gasteiger partial charge in [0, 0.05) is 10.6 Å². The molecule has 7 heteroatoms. The van der Waals surface area contributed by atoms with Crippen molar-refractivity contribution >= 4 is 17.7 Å². The Balaban J connectivity index is 2.76. The number of halogens is 3. The van der Waals surface area contributed by atoms with Crippen molar-refractivity contribution in [2.45, 2.75) is 17.2 Å². The Morgan fingerprint density at radius 2 is 2.06 bits per heavy atom.